The Bertz CT molecular complexity index is 459. The van der Waals surface area contributed by atoms with Crippen molar-refractivity contribution in [1.82, 2.24) is 5.32 Å². The number of anilines is 1. The minimum atomic E-state index is -0.658. The van der Waals surface area contributed by atoms with E-state index in [-0.39, 0.29) is 17.3 Å². The first-order valence-corrected chi connectivity index (χ1v) is 5.97. The Kier molecular flexibility index (Phi) is 3.78. The number of nitrogens with zero attached hydrogens (tertiary/aromatic N) is 2. The summed E-state index contributed by atoms with van der Waals surface area (Å²) in [5.41, 5.74) is 0.00450. The molecular formula is C13H15F2N3. The van der Waals surface area contributed by atoms with Gasteiger partial charge >= 0.3 is 0 Å². The van der Waals surface area contributed by atoms with E-state index in [0.717, 1.165) is 25.0 Å². The molecule has 96 valence electrons. The second-order valence-corrected chi connectivity index (χ2v) is 4.45. The van der Waals surface area contributed by atoms with E-state index < -0.39 is 11.6 Å². The molecule has 0 spiro atoms. The van der Waals surface area contributed by atoms with Gasteiger partial charge in [-0.3, -0.25) is 0 Å². The predicted octanol–water partition coefficient (Wildman–Crippen LogP) is 2.02. The molecule has 1 N–H and O–H groups in total. The molecule has 0 saturated carbocycles. The molecule has 1 unspecified atom stereocenters. The summed E-state index contributed by atoms with van der Waals surface area (Å²) >= 11 is 0. The van der Waals surface area contributed by atoms with E-state index >= 15 is 0 Å². The molecule has 0 radical (unpaired) electrons. The smallest absolute Gasteiger partial charge is 0.150 e. The van der Waals surface area contributed by atoms with Crippen LogP contribution < -0.4 is 10.2 Å². The lowest BCUT2D eigenvalue weighted by atomic mass is 10.1. The lowest BCUT2D eigenvalue weighted by Gasteiger charge is -2.27. The molecule has 3 nitrogen and oxygen atoms in total. The van der Waals surface area contributed by atoms with Gasteiger partial charge in [-0.05, 0) is 32.0 Å². The largest absolute Gasteiger partial charge is 0.363 e. The molecule has 1 aromatic rings. The van der Waals surface area contributed by atoms with Crippen LogP contribution in [0, 0.1) is 23.0 Å². The van der Waals surface area contributed by atoms with Crippen LogP contribution >= 0.6 is 0 Å². The van der Waals surface area contributed by atoms with Crippen molar-refractivity contribution in [2.24, 2.45) is 0 Å². The first-order chi connectivity index (χ1) is 8.67. The highest BCUT2D eigenvalue weighted by Gasteiger charge is 2.28. The highest BCUT2D eigenvalue weighted by atomic mass is 19.1. The van der Waals surface area contributed by atoms with Crippen LogP contribution in [0.3, 0.4) is 0 Å². The average molecular weight is 251 g/mol. The lowest BCUT2D eigenvalue weighted by Crippen LogP contribution is -2.37. The van der Waals surface area contributed by atoms with Crippen molar-refractivity contribution in [1.29, 1.82) is 5.26 Å². The number of rotatable bonds is 3. The summed E-state index contributed by atoms with van der Waals surface area (Å²) in [6.07, 6.45) is 1.84. The van der Waals surface area contributed by atoms with Gasteiger partial charge in [0, 0.05) is 19.1 Å². The molecule has 1 aliphatic rings. The Labute approximate surface area is 105 Å². The Balaban J connectivity index is 2.36. The van der Waals surface area contributed by atoms with Crippen molar-refractivity contribution in [2.75, 3.05) is 25.0 Å². The summed E-state index contributed by atoms with van der Waals surface area (Å²) in [4.78, 5) is 1.75. The predicted molar refractivity (Wildman–Crippen MR) is 65.4 cm³/mol. The van der Waals surface area contributed by atoms with Gasteiger partial charge in [0.2, 0.25) is 0 Å². The van der Waals surface area contributed by atoms with Crippen molar-refractivity contribution in [3.63, 3.8) is 0 Å². The van der Waals surface area contributed by atoms with E-state index in [1.807, 2.05) is 7.05 Å². The molecule has 0 amide bonds. The Morgan fingerprint density at radius 2 is 2.11 bits per heavy atom. The molecule has 1 fully saturated rings. The van der Waals surface area contributed by atoms with Gasteiger partial charge < -0.3 is 10.2 Å². The van der Waals surface area contributed by atoms with Crippen molar-refractivity contribution in [3.8, 4) is 6.07 Å². The maximum atomic E-state index is 13.9. The standard InChI is InChI=1S/C13H15F2N3/c1-17-8-10-3-2-4-18(10)13-11(14)5-9(7-16)6-12(13)15/h5-6,10,17H,2-4,8H2,1H3. The molecule has 0 bridgehead atoms. The van der Waals surface area contributed by atoms with Crippen LogP contribution in [0.1, 0.15) is 18.4 Å². The summed E-state index contributed by atoms with van der Waals surface area (Å²) < 4.78 is 27.8. The number of hydrogen-bond acceptors (Lipinski definition) is 3. The number of nitrogens with one attached hydrogen (secondary N) is 1. The van der Waals surface area contributed by atoms with Crippen LogP contribution in [0.25, 0.3) is 0 Å². The number of benzene rings is 1. The first-order valence-electron chi connectivity index (χ1n) is 5.97. The van der Waals surface area contributed by atoms with Crippen LogP contribution in [0.5, 0.6) is 0 Å². The average Bonchev–Trinajstić information content (AvgIpc) is 2.77. The summed E-state index contributed by atoms with van der Waals surface area (Å²) in [5.74, 6) is -1.32. The minimum Gasteiger partial charge on any atom is -0.363 e. The Morgan fingerprint density at radius 3 is 2.67 bits per heavy atom. The normalized spacial score (nSPS) is 19.0. The van der Waals surface area contributed by atoms with Gasteiger partial charge in [-0.15, -0.1) is 0 Å². The van der Waals surface area contributed by atoms with E-state index in [0.29, 0.717) is 13.1 Å². The first kappa shape index (κ1) is 12.8. The Hall–Kier alpha value is -1.67. The van der Waals surface area contributed by atoms with E-state index in [1.54, 1.807) is 11.0 Å². The van der Waals surface area contributed by atoms with Crippen LogP contribution in [0.2, 0.25) is 0 Å². The zero-order chi connectivity index (χ0) is 13.1. The highest BCUT2D eigenvalue weighted by molar-refractivity contribution is 5.54. The second kappa shape index (κ2) is 5.32. The summed E-state index contributed by atoms with van der Waals surface area (Å²) in [6.45, 7) is 1.34. The monoisotopic (exact) mass is 251 g/mol. The molecule has 1 atom stereocenters. The summed E-state index contributed by atoms with van der Waals surface area (Å²) in [6, 6.07) is 4.04. The van der Waals surface area contributed by atoms with Gasteiger partial charge in [-0.2, -0.15) is 5.26 Å². The van der Waals surface area contributed by atoms with Gasteiger partial charge in [0.1, 0.15) is 5.69 Å². The van der Waals surface area contributed by atoms with E-state index in [2.05, 4.69) is 5.32 Å². The number of halogens is 2. The zero-order valence-electron chi connectivity index (χ0n) is 10.2. The fourth-order valence-electron chi connectivity index (χ4n) is 2.48. The molecule has 1 aliphatic heterocycles. The number of hydrogen-bond donors (Lipinski definition) is 1. The third-order valence-electron chi connectivity index (χ3n) is 3.25. The molecule has 1 aromatic carbocycles. The van der Waals surface area contributed by atoms with Gasteiger partial charge in [0.25, 0.3) is 0 Å². The lowest BCUT2D eigenvalue weighted by molar-refractivity contribution is 0.551. The van der Waals surface area contributed by atoms with Crippen LogP contribution in [0.15, 0.2) is 12.1 Å². The van der Waals surface area contributed by atoms with Gasteiger partial charge in [0.15, 0.2) is 11.6 Å². The SMILES string of the molecule is CNCC1CCCN1c1c(F)cc(C#N)cc1F. The van der Waals surface area contributed by atoms with Crippen molar-refractivity contribution >= 4 is 5.69 Å². The highest BCUT2D eigenvalue weighted by Crippen LogP contribution is 2.31. The molecule has 0 aliphatic carbocycles. The molecule has 1 heterocycles. The quantitative estimate of drug-likeness (QED) is 0.893. The van der Waals surface area contributed by atoms with Gasteiger partial charge in [0.05, 0.1) is 11.6 Å². The van der Waals surface area contributed by atoms with Crippen LogP contribution in [-0.2, 0) is 0 Å². The third-order valence-corrected chi connectivity index (χ3v) is 3.25. The summed E-state index contributed by atoms with van der Waals surface area (Å²) in [5, 5.41) is 11.7. The van der Waals surface area contributed by atoms with Crippen molar-refractivity contribution in [3.05, 3.63) is 29.3 Å². The maximum absolute atomic E-state index is 13.9. The third kappa shape index (κ3) is 2.29. The van der Waals surface area contributed by atoms with Gasteiger partial charge in [-0.25, -0.2) is 8.78 Å². The minimum absolute atomic E-state index is 0.00764. The zero-order valence-corrected chi connectivity index (χ0v) is 10.2. The van der Waals surface area contributed by atoms with Crippen LogP contribution in [0.4, 0.5) is 14.5 Å². The fraction of sp³-hybridized carbons (Fsp3) is 0.462. The topological polar surface area (TPSA) is 39.1 Å². The molecule has 0 aromatic heterocycles. The Morgan fingerprint density at radius 1 is 1.44 bits per heavy atom. The van der Waals surface area contributed by atoms with Gasteiger partial charge in [-0.1, -0.05) is 0 Å². The molecule has 5 heteroatoms. The van der Waals surface area contributed by atoms with Crippen LogP contribution in [-0.4, -0.2) is 26.2 Å². The van der Waals surface area contributed by atoms with E-state index in [1.165, 1.54) is 0 Å². The molecular weight excluding hydrogens is 236 g/mol. The van der Waals surface area contributed by atoms with Crippen molar-refractivity contribution < 1.29 is 8.78 Å². The number of nitriles is 1. The molecule has 1 saturated heterocycles. The fourth-order valence-corrected chi connectivity index (χ4v) is 2.48. The summed E-state index contributed by atoms with van der Waals surface area (Å²) in [7, 11) is 1.82. The van der Waals surface area contributed by atoms with Crippen molar-refractivity contribution in [2.45, 2.75) is 18.9 Å². The van der Waals surface area contributed by atoms with E-state index in [9.17, 15) is 8.78 Å². The molecule has 2 rings (SSSR count). The molecule has 18 heavy (non-hydrogen) atoms. The maximum Gasteiger partial charge on any atom is 0.150 e. The second-order valence-electron chi connectivity index (χ2n) is 4.45. The van der Waals surface area contributed by atoms with E-state index in [4.69, 9.17) is 5.26 Å². The number of likely N-dealkylation sites (N-methyl/N-ethyl adjacent to an activating group) is 1.